The van der Waals surface area contributed by atoms with Crippen LogP contribution < -0.4 is 5.32 Å². The van der Waals surface area contributed by atoms with Gasteiger partial charge in [0, 0.05) is 31.9 Å². The number of benzene rings is 1. The summed E-state index contributed by atoms with van der Waals surface area (Å²) in [4.78, 5) is 15.9. The van der Waals surface area contributed by atoms with Gasteiger partial charge in [-0.2, -0.15) is 5.10 Å². The molecule has 0 aliphatic carbocycles. The van der Waals surface area contributed by atoms with Gasteiger partial charge >= 0.3 is 0 Å². The average Bonchev–Trinajstić information content (AvgIpc) is 3.23. The Morgan fingerprint density at radius 2 is 2.22 bits per heavy atom. The SMILES string of the molecule is O=C(CCc1ncn[nH]1)NC[C@@H]1CCO[C@H]1c1ccc(F)cc1. The van der Waals surface area contributed by atoms with E-state index in [4.69, 9.17) is 4.74 Å². The summed E-state index contributed by atoms with van der Waals surface area (Å²) in [5.74, 6) is 0.624. The summed E-state index contributed by atoms with van der Waals surface area (Å²) in [5.41, 5.74) is 0.949. The summed E-state index contributed by atoms with van der Waals surface area (Å²) < 4.78 is 18.8. The zero-order valence-electron chi connectivity index (χ0n) is 12.7. The van der Waals surface area contributed by atoms with Crippen LogP contribution in [0.5, 0.6) is 0 Å². The predicted molar refractivity (Wildman–Crippen MR) is 80.9 cm³/mol. The minimum Gasteiger partial charge on any atom is -0.373 e. The van der Waals surface area contributed by atoms with Crippen molar-refractivity contribution >= 4 is 5.91 Å². The Bertz CT molecular complexity index is 630. The Morgan fingerprint density at radius 1 is 1.39 bits per heavy atom. The molecule has 0 spiro atoms. The van der Waals surface area contributed by atoms with Gasteiger partial charge in [0.2, 0.25) is 5.91 Å². The number of aromatic nitrogens is 3. The van der Waals surface area contributed by atoms with Crippen molar-refractivity contribution in [1.82, 2.24) is 20.5 Å². The van der Waals surface area contributed by atoms with E-state index in [1.165, 1.54) is 18.5 Å². The molecule has 6 nitrogen and oxygen atoms in total. The number of carbonyl (C=O) groups is 1. The summed E-state index contributed by atoms with van der Waals surface area (Å²) in [6.45, 7) is 1.21. The fourth-order valence-corrected chi connectivity index (χ4v) is 2.78. The molecule has 1 aliphatic rings. The first-order valence-electron chi connectivity index (χ1n) is 7.70. The Balaban J connectivity index is 1.48. The van der Waals surface area contributed by atoms with Crippen LogP contribution in [0.2, 0.25) is 0 Å². The number of nitrogens with zero attached hydrogens (tertiary/aromatic N) is 2. The molecule has 1 aliphatic heterocycles. The first kappa shape index (κ1) is 15.6. The van der Waals surface area contributed by atoms with Crippen LogP contribution in [0, 0.1) is 11.7 Å². The molecule has 1 saturated heterocycles. The molecule has 1 amide bonds. The molecule has 0 bridgehead atoms. The van der Waals surface area contributed by atoms with Gasteiger partial charge < -0.3 is 10.1 Å². The highest BCUT2D eigenvalue weighted by molar-refractivity contribution is 5.76. The maximum Gasteiger partial charge on any atom is 0.220 e. The van der Waals surface area contributed by atoms with Crippen LogP contribution >= 0.6 is 0 Å². The number of hydrogen-bond donors (Lipinski definition) is 2. The lowest BCUT2D eigenvalue weighted by Gasteiger charge is -2.19. The van der Waals surface area contributed by atoms with E-state index in [9.17, 15) is 9.18 Å². The van der Waals surface area contributed by atoms with Gasteiger partial charge in [0.15, 0.2) is 0 Å². The number of aryl methyl sites for hydroxylation is 1. The van der Waals surface area contributed by atoms with E-state index in [-0.39, 0.29) is 23.7 Å². The molecule has 0 radical (unpaired) electrons. The van der Waals surface area contributed by atoms with E-state index in [2.05, 4.69) is 20.5 Å². The van der Waals surface area contributed by atoms with E-state index < -0.39 is 0 Å². The molecule has 122 valence electrons. The highest BCUT2D eigenvalue weighted by atomic mass is 19.1. The van der Waals surface area contributed by atoms with Gasteiger partial charge in [0.25, 0.3) is 0 Å². The van der Waals surface area contributed by atoms with Crippen molar-refractivity contribution in [1.29, 1.82) is 0 Å². The normalized spacial score (nSPS) is 20.6. The van der Waals surface area contributed by atoms with Crippen LogP contribution in [0.1, 0.15) is 30.3 Å². The van der Waals surface area contributed by atoms with Crippen LogP contribution in [-0.4, -0.2) is 34.2 Å². The minimum atomic E-state index is -0.260. The molecule has 2 atom stereocenters. The van der Waals surface area contributed by atoms with Gasteiger partial charge in [-0.05, 0) is 24.1 Å². The lowest BCUT2D eigenvalue weighted by atomic mass is 9.95. The number of hydrogen-bond acceptors (Lipinski definition) is 4. The van der Waals surface area contributed by atoms with Crippen LogP contribution in [0.4, 0.5) is 4.39 Å². The summed E-state index contributed by atoms with van der Waals surface area (Å²) in [7, 11) is 0. The van der Waals surface area contributed by atoms with Crippen LogP contribution in [-0.2, 0) is 16.0 Å². The molecule has 1 aromatic heterocycles. The molecular weight excluding hydrogens is 299 g/mol. The third kappa shape index (κ3) is 4.13. The van der Waals surface area contributed by atoms with Crippen molar-refractivity contribution in [2.45, 2.75) is 25.4 Å². The van der Waals surface area contributed by atoms with Crippen LogP contribution in [0.3, 0.4) is 0 Å². The van der Waals surface area contributed by atoms with E-state index in [1.807, 2.05) is 0 Å². The molecule has 1 aromatic carbocycles. The summed E-state index contributed by atoms with van der Waals surface area (Å²) in [6, 6.07) is 6.35. The number of carbonyl (C=O) groups excluding carboxylic acids is 1. The average molecular weight is 318 g/mol. The predicted octanol–water partition coefficient (Wildman–Crippen LogP) is 1.77. The second-order valence-corrected chi connectivity index (χ2v) is 5.63. The smallest absolute Gasteiger partial charge is 0.220 e. The van der Waals surface area contributed by atoms with Crippen molar-refractivity contribution in [3.63, 3.8) is 0 Å². The van der Waals surface area contributed by atoms with Crippen LogP contribution in [0.15, 0.2) is 30.6 Å². The topological polar surface area (TPSA) is 79.9 Å². The van der Waals surface area contributed by atoms with Crippen molar-refractivity contribution < 1.29 is 13.9 Å². The van der Waals surface area contributed by atoms with Gasteiger partial charge in [0.05, 0.1) is 6.10 Å². The molecule has 2 heterocycles. The quantitative estimate of drug-likeness (QED) is 0.851. The Morgan fingerprint density at radius 3 is 2.96 bits per heavy atom. The van der Waals surface area contributed by atoms with E-state index in [0.717, 1.165) is 12.0 Å². The number of ether oxygens (including phenoxy) is 1. The zero-order valence-corrected chi connectivity index (χ0v) is 12.7. The zero-order chi connectivity index (χ0) is 16.1. The lowest BCUT2D eigenvalue weighted by molar-refractivity contribution is -0.121. The second kappa shape index (κ2) is 7.32. The molecule has 2 N–H and O–H groups in total. The van der Waals surface area contributed by atoms with E-state index >= 15 is 0 Å². The van der Waals surface area contributed by atoms with Gasteiger partial charge in [-0.3, -0.25) is 9.89 Å². The first-order chi connectivity index (χ1) is 11.2. The largest absolute Gasteiger partial charge is 0.373 e. The second-order valence-electron chi connectivity index (χ2n) is 5.63. The summed E-state index contributed by atoms with van der Waals surface area (Å²) in [5, 5.41) is 9.42. The number of H-pyrrole nitrogens is 1. The highest BCUT2D eigenvalue weighted by Crippen LogP contribution is 2.34. The van der Waals surface area contributed by atoms with Gasteiger partial charge in [0.1, 0.15) is 18.0 Å². The molecule has 0 unspecified atom stereocenters. The summed E-state index contributed by atoms with van der Waals surface area (Å²) >= 11 is 0. The maximum atomic E-state index is 13.0. The minimum absolute atomic E-state index is 0.0221. The summed E-state index contributed by atoms with van der Waals surface area (Å²) in [6.07, 6.45) is 3.12. The highest BCUT2D eigenvalue weighted by Gasteiger charge is 2.29. The number of nitrogens with one attached hydrogen (secondary N) is 2. The fraction of sp³-hybridized carbons (Fsp3) is 0.438. The number of halogens is 1. The van der Waals surface area contributed by atoms with Gasteiger partial charge in [-0.15, -0.1) is 0 Å². The molecule has 2 aromatic rings. The van der Waals surface area contributed by atoms with Crippen molar-refractivity contribution in [3.05, 3.63) is 47.8 Å². The molecule has 7 heteroatoms. The molecular formula is C16H19FN4O2. The standard InChI is InChI=1S/C16H19FN4O2/c17-13-3-1-11(2-4-13)16-12(7-8-23-16)9-18-15(22)6-5-14-19-10-20-21-14/h1-4,10,12,16H,5-9H2,(H,18,22)(H,19,20,21)/t12-,16-/m0/s1. The molecule has 1 fully saturated rings. The Hall–Kier alpha value is -2.28. The third-order valence-electron chi connectivity index (χ3n) is 4.03. The molecule has 23 heavy (non-hydrogen) atoms. The number of amides is 1. The van der Waals surface area contributed by atoms with Crippen molar-refractivity contribution in [2.75, 3.05) is 13.2 Å². The number of aromatic amines is 1. The first-order valence-corrected chi connectivity index (χ1v) is 7.70. The monoisotopic (exact) mass is 318 g/mol. The number of rotatable bonds is 6. The fourth-order valence-electron chi connectivity index (χ4n) is 2.78. The Kier molecular flexibility index (Phi) is 4.97. The van der Waals surface area contributed by atoms with Crippen molar-refractivity contribution in [3.8, 4) is 0 Å². The van der Waals surface area contributed by atoms with E-state index in [0.29, 0.717) is 31.8 Å². The van der Waals surface area contributed by atoms with Crippen molar-refractivity contribution in [2.24, 2.45) is 5.92 Å². The lowest BCUT2D eigenvalue weighted by Crippen LogP contribution is -2.30. The van der Waals surface area contributed by atoms with Gasteiger partial charge in [-0.25, -0.2) is 9.37 Å². The van der Waals surface area contributed by atoms with Crippen LogP contribution in [0.25, 0.3) is 0 Å². The Labute approximate surface area is 133 Å². The maximum absolute atomic E-state index is 13.0. The third-order valence-corrected chi connectivity index (χ3v) is 4.03. The molecule has 0 saturated carbocycles. The molecule has 3 rings (SSSR count). The van der Waals surface area contributed by atoms with E-state index in [1.54, 1.807) is 12.1 Å². The van der Waals surface area contributed by atoms with Gasteiger partial charge in [-0.1, -0.05) is 12.1 Å².